The van der Waals surface area contributed by atoms with Gasteiger partial charge in [-0.3, -0.25) is 9.78 Å². The number of hydrogen-bond donors (Lipinski definition) is 0. The van der Waals surface area contributed by atoms with Gasteiger partial charge in [0.2, 0.25) is 5.78 Å². The van der Waals surface area contributed by atoms with Crippen molar-refractivity contribution in [3.8, 4) is 11.3 Å². The lowest BCUT2D eigenvalue weighted by Crippen LogP contribution is -2.16. The number of ketones is 1. The van der Waals surface area contributed by atoms with Gasteiger partial charge in [-0.05, 0) is 51.8 Å². The summed E-state index contributed by atoms with van der Waals surface area (Å²) in [4.78, 5) is 29.6. The zero-order valence-electron chi connectivity index (χ0n) is 16.9. The van der Waals surface area contributed by atoms with E-state index in [1.54, 1.807) is 19.1 Å². The first-order valence-electron chi connectivity index (χ1n) is 9.87. The van der Waals surface area contributed by atoms with Crippen molar-refractivity contribution >= 4 is 11.8 Å². The highest BCUT2D eigenvalue weighted by Crippen LogP contribution is 2.38. The number of aryl methyl sites for hydroxylation is 2. The number of carbonyl (C=O) groups is 2. The van der Waals surface area contributed by atoms with E-state index in [2.05, 4.69) is 9.55 Å². The number of benzene rings is 1. The van der Waals surface area contributed by atoms with Crippen LogP contribution in [-0.2, 0) is 4.74 Å². The van der Waals surface area contributed by atoms with Crippen LogP contribution in [0.2, 0.25) is 0 Å². The van der Waals surface area contributed by atoms with Crippen molar-refractivity contribution in [1.82, 2.24) is 9.55 Å². The van der Waals surface area contributed by atoms with Crippen molar-refractivity contribution in [3.05, 3.63) is 76.7 Å². The average Bonchev–Trinajstić information content (AvgIpc) is 3.51. The highest BCUT2D eigenvalue weighted by atomic mass is 16.5. The quantitative estimate of drug-likeness (QED) is 0.447. The molecule has 4 rings (SSSR count). The Morgan fingerprint density at radius 1 is 1.03 bits per heavy atom. The molecule has 148 valence electrons. The molecule has 1 fully saturated rings. The van der Waals surface area contributed by atoms with Crippen molar-refractivity contribution < 1.29 is 14.3 Å². The molecule has 1 aliphatic rings. The van der Waals surface area contributed by atoms with Crippen LogP contribution in [0.25, 0.3) is 11.3 Å². The van der Waals surface area contributed by atoms with Crippen LogP contribution < -0.4 is 0 Å². The predicted molar refractivity (Wildman–Crippen MR) is 111 cm³/mol. The van der Waals surface area contributed by atoms with Crippen LogP contribution >= 0.6 is 0 Å². The van der Waals surface area contributed by atoms with Gasteiger partial charge in [0, 0.05) is 28.6 Å². The molecular formula is C24H24N2O3. The number of nitrogens with zero attached hydrogens (tertiary/aromatic N) is 2. The predicted octanol–water partition coefficient (Wildman–Crippen LogP) is 4.85. The van der Waals surface area contributed by atoms with Crippen LogP contribution in [0.5, 0.6) is 0 Å². The zero-order chi connectivity index (χ0) is 20.5. The molecule has 0 atom stereocenters. The molecule has 1 saturated carbocycles. The second kappa shape index (κ2) is 7.66. The largest absolute Gasteiger partial charge is 0.454 e. The molecule has 0 N–H and O–H groups in total. The van der Waals surface area contributed by atoms with Crippen LogP contribution in [0.1, 0.15) is 56.7 Å². The van der Waals surface area contributed by atoms with Crippen LogP contribution in [0.15, 0.2) is 48.5 Å². The molecular weight excluding hydrogens is 364 g/mol. The SMILES string of the molecule is Cc1nc(-c2ccccc2)ccc1C(=O)OCC(=O)c1cc(C)n(C2CC2)c1C. The van der Waals surface area contributed by atoms with Gasteiger partial charge < -0.3 is 9.30 Å². The van der Waals surface area contributed by atoms with Crippen molar-refractivity contribution in [1.29, 1.82) is 0 Å². The van der Waals surface area contributed by atoms with Gasteiger partial charge in [0.1, 0.15) is 0 Å². The molecule has 2 aromatic heterocycles. The summed E-state index contributed by atoms with van der Waals surface area (Å²) in [5.74, 6) is -0.705. The standard InChI is InChI=1S/C24H24N2O3/c1-15-13-21(17(3)26(15)19-9-10-19)23(27)14-29-24(28)20-11-12-22(25-16(20)2)18-7-5-4-6-8-18/h4-8,11-13,19H,9-10,14H2,1-3H3. The van der Waals surface area contributed by atoms with Crippen molar-refractivity contribution in [3.63, 3.8) is 0 Å². The fourth-order valence-corrected chi connectivity index (χ4v) is 3.79. The maximum Gasteiger partial charge on any atom is 0.340 e. The maximum atomic E-state index is 12.6. The van der Waals surface area contributed by atoms with Gasteiger partial charge in [0.05, 0.1) is 17.0 Å². The van der Waals surface area contributed by atoms with E-state index < -0.39 is 5.97 Å². The maximum absolute atomic E-state index is 12.6. The number of carbonyl (C=O) groups excluding carboxylic acids is 2. The summed E-state index contributed by atoms with van der Waals surface area (Å²) in [6.45, 7) is 5.47. The Morgan fingerprint density at radius 2 is 1.76 bits per heavy atom. The lowest BCUT2D eigenvalue weighted by atomic mass is 10.1. The van der Waals surface area contributed by atoms with Crippen molar-refractivity contribution in [2.24, 2.45) is 0 Å². The molecule has 5 nitrogen and oxygen atoms in total. The van der Waals surface area contributed by atoms with E-state index in [1.807, 2.05) is 50.2 Å². The van der Waals surface area contributed by atoms with Gasteiger partial charge in [-0.1, -0.05) is 30.3 Å². The van der Waals surface area contributed by atoms with E-state index in [0.717, 1.165) is 35.5 Å². The number of ether oxygens (including phenoxy) is 1. The van der Waals surface area contributed by atoms with Crippen LogP contribution in [0.3, 0.4) is 0 Å². The van der Waals surface area contributed by atoms with E-state index in [-0.39, 0.29) is 12.4 Å². The number of rotatable bonds is 6. The Balaban J connectivity index is 1.45. The lowest BCUT2D eigenvalue weighted by Gasteiger charge is -2.09. The number of esters is 1. The zero-order valence-corrected chi connectivity index (χ0v) is 16.9. The second-order valence-corrected chi connectivity index (χ2v) is 7.58. The van der Waals surface area contributed by atoms with Crippen LogP contribution in [0, 0.1) is 20.8 Å². The topological polar surface area (TPSA) is 61.2 Å². The van der Waals surface area contributed by atoms with E-state index in [0.29, 0.717) is 22.9 Å². The van der Waals surface area contributed by atoms with Crippen molar-refractivity contribution in [2.45, 2.75) is 39.7 Å². The van der Waals surface area contributed by atoms with Gasteiger partial charge in [0.25, 0.3) is 0 Å². The molecule has 5 heteroatoms. The molecule has 0 unspecified atom stereocenters. The van der Waals surface area contributed by atoms with Crippen molar-refractivity contribution in [2.75, 3.05) is 6.61 Å². The normalized spacial score (nSPS) is 13.3. The molecule has 1 aromatic carbocycles. The third-order valence-corrected chi connectivity index (χ3v) is 5.41. The minimum absolute atomic E-state index is 0.176. The molecule has 0 bridgehead atoms. The van der Waals surface area contributed by atoms with Gasteiger partial charge >= 0.3 is 5.97 Å². The van der Waals surface area contributed by atoms with Crippen LogP contribution in [0.4, 0.5) is 0 Å². The third-order valence-electron chi connectivity index (χ3n) is 5.41. The molecule has 1 aliphatic carbocycles. The van der Waals surface area contributed by atoms with Gasteiger partial charge in [-0.25, -0.2) is 4.79 Å². The summed E-state index contributed by atoms with van der Waals surface area (Å²) in [5, 5.41) is 0. The molecule has 0 radical (unpaired) electrons. The lowest BCUT2D eigenvalue weighted by molar-refractivity contribution is 0.0473. The number of pyridine rings is 1. The molecule has 0 aliphatic heterocycles. The summed E-state index contributed by atoms with van der Waals surface area (Å²) >= 11 is 0. The second-order valence-electron chi connectivity index (χ2n) is 7.58. The Kier molecular flexibility index (Phi) is 5.05. The number of hydrogen-bond acceptors (Lipinski definition) is 4. The fraction of sp³-hybridized carbons (Fsp3) is 0.292. The molecule has 29 heavy (non-hydrogen) atoms. The Hall–Kier alpha value is -3.21. The number of Topliss-reactive ketones (excluding diaryl/α,β-unsaturated/α-hetero) is 1. The monoisotopic (exact) mass is 388 g/mol. The first kappa shape index (κ1) is 19.1. The number of aromatic nitrogens is 2. The smallest absolute Gasteiger partial charge is 0.340 e. The highest BCUT2D eigenvalue weighted by Gasteiger charge is 2.28. The van der Waals surface area contributed by atoms with Gasteiger partial charge in [-0.15, -0.1) is 0 Å². The summed E-state index contributed by atoms with van der Waals surface area (Å²) in [7, 11) is 0. The van der Waals surface area contributed by atoms with Crippen LogP contribution in [-0.4, -0.2) is 27.9 Å². The summed E-state index contributed by atoms with van der Waals surface area (Å²) < 4.78 is 7.53. The molecule has 0 saturated heterocycles. The Bertz CT molecular complexity index is 1080. The van der Waals surface area contributed by atoms with Gasteiger partial charge in [0.15, 0.2) is 6.61 Å². The molecule has 0 amide bonds. The molecule has 3 aromatic rings. The first-order valence-corrected chi connectivity index (χ1v) is 9.87. The Morgan fingerprint density at radius 3 is 2.41 bits per heavy atom. The Labute approximate surface area is 170 Å². The van der Waals surface area contributed by atoms with E-state index in [4.69, 9.17) is 4.74 Å². The molecule has 2 heterocycles. The third kappa shape index (κ3) is 3.86. The summed E-state index contributed by atoms with van der Waals surface area (Å²) in [5.41, 5.74) is 5.40. The fourth-order valence-electron chi connectivity index (χ4n) is 3.79. The highest BCUT2D eigenvalue weighted by molar-refractivity contribution is 6.00. The van der Waals surface area contributed by atoms with Gasteiger partial charge in [-0.2, -0.15) is 0 Å². The minimum atomic E-state index is -0.529. The summed E-state index contributed by atoms with van der Waals surface area (Å²) in [6, 6.07) is 15.7. The first-order chi connectivity index (χ1) is 14.0. The minimum Gasteiger partial charge on any atom is -0.454 e. The van der Waals surface area contributed by atoms with E-state index in [1.165, 1.54) is 0 Å². The van der Waals surface area contributed by atoms with E-state index >= 15 is 0 Å². The summed E-state index contributed by atoms with van der Waals surface area (Å²) in [6.07, 6.45) is 2.31. The van der Waals surface area contributed by atoms with E-state index in [9.17, 15) is 9.59 Å². The molecule has 0 spiro atoms. The average molecular weight is 388 g/mol.